The molecule has 0 unspecified atom stereocenters. The fraction of sp³-hybridized carbons (Fsp3) is 0.118. The van der Waals surface area contributed by atoms with Crippen molar-refractivity contribution in [2.24, 2.45) is 0 Å². The van der Waals surface area contributed by atoms with Crippen LogP contribution in [0.25, 0.3) is 11.0 Å². The van der Waals surface area contributed by atoms with E-state index in [0.29, 0.717) is 17.4 Å². The highest BCUT2D eigenvalue weighted by atomic mass is 32.2. The van der Waals surface area contributed by atoms with E-state index in [4.69, 9.17) is 4.42 Å². The number of hydrogen-bond donors (Lipinski definition) is 1. The number of rotatable bonds is 5. The van der Waals surface area contributed by atoms with Crippen molar-refractivity contribution in [2.45, 2.75) is 11.3 Å². The first-order valence-electron chi connectivity index (χ1n) is 7.22. The predicted molar refractivity (Wildman–Crippen MR) is 87.8 cm³/mol. The Labute approximate surface area is 137 Å². The second kappa shape index (κ2) is 6.54. The Morgan fingerprint density at radius 3 is 2.50 bits per heavy atom. The monoisotopic (exact) mass is 347 g/mol. The van der Waals surface area contributed by atoms with Crippen LogP contribution in [0.5, 0.6) is 0 Å². The molecule has 3 aromatic rings. The summed E-state index contributed by atoms with van der Waals surface area (Å²) in [6.07, 6.45) is 0.446. The number of nitrogens with one attached hydrogen (secondary N) is 1. The Balaban J connectivity index is 1.74. The van der Waals surface area contributed by atoms with E-state index in [1.165, 1.54) is 42.5 Å². The first-order chi connectivity index (χ1) is 11.4. The van der Waals surface area contributed by atoms with Gasteiger partial charge in [-0.2, -0.15) is 0 Å². The van der Waals surface area contributed by atoms with Crippen LogP contribution < -0.4 is 10.3 Å². The van der Waals surface area contributed by atoms with Crippen molar-refractivity contribution in [3.63, 3.8) is 0 Å². The summed E-state index contributed by atoms with van der Waals surface area (Å²) < 4.78 is 45.0. The quantitative estimate of drug-likeness (QED) is 0.719. The smallest absolute Gasteiger partial charge is 0.336 e. The van der Waals surface area contributed by atoms with Crippen LogP contribution in [-0.2, 0) is 16.4 Å². The van der Waals surface area contributed by atoms with Crippen LogP contribution in [0.3, 0.4) is 0 Å². The molecule has 0 atom stereocenters. The van der Waals surface area contributed by atoms with E-state index in [1.807, 2.05) is 0 Å². The Bertz CT molecular complexity index is 1030. The summed E-state index contributed by atoms with van der Waals surface area (Å²) in [6.45, 7) is 0.190. The van der Waals surface area contributed by atoms with E-state index in [0.717, 1.165) is 5.56 Å². The highest BCUT2D eigenvalue weighted by Gasteiger charge is 2.14. The fourth-order valence-corrected chi connectivity index (χ4v) is 3.35. The third kappa shape index (κ3) is 3.69. The summed E-state index contributed by atoms with van der Waals surface area (Å²) in [6, 6.07) is 12.9. The van der Waals surface area contributed by atoms with Crippen molar-refractivity contribution in [1.29, 1.82) is 0 Å². The molecule has 0 bridgehead atoms. The zero-order valence-corrected chi connectivity index (χ0v) is 13.3. The van der Waals surface area contributed by atoms with Crippen LogP contribution in [0.4, 0.5) is 4.39 Å². The van der Waals surface area contributed by atoms with Crippen LogP contribution in [0, 0.1) is 5.82 Å². The summed E-state index contributed by atoms with van der Waals surface area (Å²) >= 11 is 0. The molecule has 0 aliphatic carbocycles. The summed E-state index contributed by atoms with van der Waals surface area (Å²) in [4.78, 5) is 11.2. The Hall–Kier alpha value is -2.51. The average Bonchev–Trinajstić information content (AvgIpc) is 2.56. The number of hydrogen-bond acceptors (Lipinski definition) is 4. The van der Waals surface area contributed by atoms with Crippen molar-refractivity contribution < 1.29 is 17.2 Å². The Morgan fingerprint density at radius 1 is 1.00 bits per heavy atom. The van der Waals surface area contributed by atoms with E-state index in [-0.39, 0.29) is 17.3 Å². The van der Waals surface area contributed by atoms with Crippen molar-refractivity contribution in [3.8, 4) is 0 Å². The van der Waals surface area contributed by atoms with Crippen LogP contribution >= 0.6 is 0 Å². The van der Waals surface area contributed by atoms with Crippen LogP contribution in [0.1, 0.15) is 5.56 Å². The molecular weight excluding hydrogens is 333 g/mol. The van der Waals surface area contributed by atoms with E-state index < -0.39 is 15.6 Å². The average molecular weight is 347 g/mol. The van der Waals surface area contributed by atoms with E-state index in [9.17, 15) is 17.6 Å². The molecular formula is C17H14FNO4S. The lowest BCUT2D eigenvalue weighted by atomic mass is 10.1. The van der Waals surface area contributed by atoms with Crippen LogP contribution in [0.15, 0.2) is 68.7 Å². The number of fused-ring (bicyclic) bond motifs is 1. The lowest BCUT2D eigenvalue weighted by Crippen LogP contribution is -2.26. The van der Waals surface area contributed by atoms with E-state index in [2.05, 4.69) is 4.72 Å². The topological polar surface area (TPSA) is 76.4 Å². The number of sulfonamides is 1. The van der Waals surface area contributed by atoms with Crippen molar-refractivity contribution >= 4 is 21.0 Å². The van der Waals surface area contributed by atoms with Crippen molar-refractivity contribution in [3.05, 3.63) is 76.4 Å². The highest BCUT2D eigenvalue weighted by molar-refractivity contribution is 7.89. The molecule has 24 heavy (non-hydrogen) atoms. The third-order valence-corrected chi connectivity index (χ3v) is 4.98. The molecule has 1 aromatic heterocycles. The molecule has 3 rings (SSSR count). The maximum absolute atomic E-state index is 12.8. The van der Waals surface area contributed by atoms with Gasteiger partial charge in [-0.3, -0.25) is 0 Å². The lowest BCUT2D eigenvalue weighted by Gasteiger charge is -2.07. The summed E-state index contributed by atoms with van der Waals surface area (Å²) in [5.41, 5.74) is 0.669. The van der Waals surface area contributed by atoms with Crippen LogP contribution in [0.2, 0.25) is 0 Å². The van der Waals surface area contributed by atoms with Gasteiger partial charge in [0, 0.05) is 18.0 Å². The minimum Gasteiger partial charge on any atom is -0.423 e. The molecule has 0 aliphatic rings. The first-order valence-corrected chi connectivity index (χ1v) is 8.70. The van der Waals surface area contributed by atoms with Gasteiger partial charge < -0.3 is 4.42 Å². The molecule has 0 amide bonds. The molecule has 124 valence electrons. The van der Waals surface area contributed by atoms with Gasteiger partial charge in [-0.05, 0) is 48.4 Å². The minimum atomic E-state index is -3.68. The SMILES string of the molecule is O=c1ccc2cc(S(=O)(=O)NCCc3ccc(F)cc3)ccc2o1. The highest BCUT2D eigenvalue weighted by Crippen LogP contribution is 2.17. The van der Waals surface area contributed by atoms with Gasteiger partial charge >= 0.3 is 5.63 Å². The Morgan fingerprint density at radius 2 is 1.75 bits per heavy atom. The van der Waals surface area contributed by atoms with Gasteiger partial charge in [-0.15, -0.1) is 0 Å². The molecule has 7 heteroatoms. The first kappa shape index (κ1) is 16.4. The van der Waals surface area contributed by atoms with E-state index in [1.54, 1.807) is 12.1 Å². The van der Waals surface area contributed by atoms with Crippen LogP contribution in [-0.4, -0.2) is 15.0 Å². The predicted octanol–water partition coefficient (Wildman–Crippen LogP) is 2.45. The van der Waals surface area contributed by atoms with E-state index >= 15 is 0 Å². The zero-order valence-electron chi connectivity index (χ0n) is 12.5. The Kier molecular flexibility index (Phi) is 4.46. The standard InChI is InChI=1S/C17H14FNO4S/c18-14-4-1-12(2-5-14)9-10-19-24(21,22)15-6-7-16-13(11-15)3-8-17(20)23-16/h1-8,11,19H,9-10H2. The maximum atomic E-state index is 12.8. The zero-order chi connectivity index (χ0) is 17.2. The summed E-state index contributed by atoms with van der Waals surface area (Å²) in [5, 5.41) is 0.524. The fourth-order valence-electron chi connectivity index (χ4n) is 2.28. The second-order valence-electron chi connectivity index (χ2n) is 5.23. The normalized spacial score (nSPS) is 11.7. The molecule has 0 saturated heterocycles. The van der Waals surface area contributed by atoms with Gasteiger partial charge in [-0.25, -0.2) is 22.3 Å². The molecule has 0 radical (unpaired) electrons. The summed E-state index contributed by atoms with van der Waals surface area (Å²) in [5.74, 6) is -0.331. The summed E-state index contributed by atoms with van der Waals surface area (Å²) in [7, 11) is -3.68. The van der Waals surface area contributed by atoms with Gasteiger partial charge in [0.2, 0.25) is 10.0 Å². The largest absolute Gasteiger partial charge is 0.423 e. The minimum absolute atomic E-state index is 0.0861. The third-order valence-electron chi connectivity index (χ3n) is 3.52. The molecule has 1 N–H and O–H groups in total. The molecule has 1 heterocycles. The van der Waals surface area contributed by atoms with Gasteiger partial charge in [0.1, 0.15) is 11.4 Å². The molecule has 0 fully saturated rings. The van der Waals surface area contributed by atoms with Gasteiger partial charge in [0.15, 0.2) is 0 Å². The molecule has 0 aliphatic heterocycles. The van der Waals surface area contributed by atoms with Gasteiger partial charge in [0.05, 0.1) is 4.90 Å². The van der Waals surface area contributed by atoms with Crippen molar-refractivity contribution in [2.75, 3.05) is 6.54 Å². The van der Waals surface area contributed by atoms with Crippen molar-refractivity contribution in [1.82, 2.24) is 4.72 Å². The van der Waals surface area contributed by atoms with Gasteiger partial charge in [0.25, 0.3) is 0 Å². The number of benzene rings is 2. The maximum Gasteiger partial charge on any atom is 0.336 e. The number of halogens is 1. The second-order valence-corrected chi connectivity index (χ2v) is 7.00. The molecule has 0 saturated carbocycles. The molecule has 2 aromatic carbocycles. The molecule has 5 nitrogen and oxygen atoms in total. The lowest BCUT2D eigenvalue weighted by molar-refractivity contribution is 0.560. The van der Waals surface area contributed by atoms with Gasteiger partial charge in [-0.1, -0.05) is 12.1 Å². The molecule has 0 spiro atoms.